The number of nitrogens with two attached hydrogens (primary N) is 1. The maximum Gasteiger partial charge on any atom is 0.251 e. The van der Waals surface area contributed by atoms with Crippen LogP contribution in [0.1, 0.15) is 36.2 Å². The molecule has 20 heavy (non-hydrogen) atoms. The van der Waals surface area contributed by atoms with Crippen molar-refractivity contribution < 1.29 is 14.4 Å². The van der Waals surface area contributed by atoms with Gasteiger partial charge in [-0.05, 0) is 23.8 Å². The van der Waals surface area contributed by atoms with Gasteiger partial charge in [0.25, 0.3) is 5.91 Å². The van der Waals surface area contributed by atoms with Crippen LogP contribution in [-0.4, -0.2) is 24.3 Å². The molecule has 1 aromatic carbocycles. The molecular weight excluding hydrogens is 258 g/mol. The number of benzene rings is 1. The fourth-order valence-electron chi connectivity index (χ4n) is 2.31. The van der Waals surface area contributed by atoms with Crippen molar-refractivity contribution in [3.8, 4) is 0 Å². The third-order valence-corrected chi connectivity index (χ3v) is 3.31. The van der Waals surface area contributed by atoms with Gasteiger partial charge in [-0.1, -0.05) is 13.8 Å². The van der Waals surface area contributed by atoms with Gasteiger partial charge in [0.1, 0.15) is 0 Å². The molecule has 4 N–H and O–H groups in total. The number of anilines is 1. The monoisotopic (exact) mass is 275 g/mol. The van der Waals surface area contributed by atoms with Crippen molar-refractivity contribution in [1.82, 2.24) is 5.32 Å². The van der Waals surface area contributed by atoms with Gasteiger partial charge in [0.2, 0.25) is 11.8 Å². The molecule has 0 bridgehead atoms. The minimum atomic E-state index is -0.594. The molecule has 106 valence electrons. The zero-order valence-electron chi connectivity index (χ0n) is 11.4. The lowest BCUT2D eigenvalue weighted by Gasteiger charge is -2.32. The summed E-state index contributed by atoms with van der Waals surface area (Å²) < 4.78 is 0. The fraction of sp³-hybridized carbons (Fsp3) is 0.357. The summed E-state index contributed by atoms with van der Waals surface area (Å²) in [5.41, 5.74) is 6.72. The fourth-order valence-corrected chi connectivity index (χ4v) is 2.31. The Balaban J connectivity index is 2.29. The molecule has 0 fully saturated rings. The Labute approximate surface area is 116 Å². The number of carbonyl (C=O) groups excluding carboxylic acids is 3. The summed E-state index contributed by atoms with van der Waals surface area (Å²) in [6.45, 7) is 3.71. The molecule has 6 nitrogen and oxygen atoms in total. The van der Waals surface area contributed by atoms with Crippen LogP contribution >= 0.6 is 0 Å². The molecule has 0 spiro atoms. The molecule has 1 aliphatic heterocycles. The van der Waals surface area contributed by atoms with Gasteiger partial charge in [-0.2, -0.15) is 0 Å². The maximum atomic E-state index is 11.9. The van der Waals surface area contributed by atoms with Crippen molar-refractivity contribution in [1.29, 1.82) is 0 Å². The topological polar surface area (TPSA) is 101 Å². The lowest BCUT2D eigenvalue weighted by Crippen LogP contribution is -2.35. The SMILES string of the molecule is CC1(C)CC(=O)Nc2ccc(C(=O)NCC(N)=O)cc21. The molecule has 0 aliphatic carbocycles. The average Bonchev–Trinajstić information content (AvgIpc) is 2.34. The van der Waals surface area contributed by atoms with Crippen molar-refractivity contribution in [2.45, 2.75) is 25.7 Å². The predicted molar refractivity (Wildman–Crippen MR) is 74.2 cm³/mol. The van der Waals surface area contributed by atoms with Gasteiger partial charge >= 0.3 is 0 Å². The second-order valence-electron chi connectivity index (χ2n) is 5.52. The summed E-state index contributed by atoms with van der Waals surface area (Å²) in [5.74, 6) is -0.989. The van der Waals surface area contributed by atoms with Crippen molar-refractivity contribution in [3.63, 3.8) is 0 Å². The zero-order chi connectivity index (χ0) is 14.9. The van der Waals surface area contributed by atoms with Gasteiger partial charge in [-0.15, -0.1) is 0 Å². The largest absolute Gasteiger partial charge is 0.368 e. The number of primary amides is 1. The van der Waals surface area contributed by atoms with Crippen LogP contribution < -0.4 is 16.4 Å². The maximum absolute atomic E-state index is 11.9. The first-order valence-corrected chi connectivity index (χ1v) is 6.30. The van der Waals surface area contributed by atoms with E-state index >= 15 is 0 Å². The van der Waals surface area contributed by atoms with Gasteiger partial charge in [0.15, 0.2) is 0 Å². The highest BCUT2D eigenvalue weighted by Gasteiger charge is 2.32. The number of rotatable bonds is 3. The second kappa shape index (κ2) is 4.96. The van der Waals surface area contributed by atoms with E-state index in [1.807, 2.05) is 13.8 Å². The second-order valence-corrected chi connectivity index (χ2v) is 5.52. The Hall–Kier alpha value is -2.37. The van der Waals surface area contributed by atoms with Crippen LogP contribution in [0.25, 0.3) is 0 Å². The van der Waals surface area contributed by atoms with E-state index < -0.39 is 5.91 Å². The Morgan fingerprint density at radius 3 is 2.75 bits per heavy atom. The van der Waals surface area contributed by atoms with Crippen molar-refractivity contribution in [2.24, 2.45) is 5.73 Å². The van der Waals surface area contributed by atoms with Gasteiger partial charge in [-0.25, -0.2) is 0 Å². The molecule has 1 heterocycles. The van der Waals surface area contributed by atoms with Crippen molar-refractivity contribution >= 4 is 23.4 Å². The molecule has 1 aliphatic rings. The lowest BCUT2D eigenvalue weighted by molar-refractivity contribution is -0.118. The minimum absolute atomic E-state index is 0.0339. The predicted octanol–water partition coefficient (Wildman–Crippen LogP) is 0.522. The van der Waals surface area contributed by atoms with Crippen LogP contribution in [0.4, 0.5) is 5.69 Å². The van der Waals surface area contributed by atoms with E-state index in [4.69, 9.17) is 5.73 Å². The van der Waals surface area contributed by atoms with Crippen LogP contribution in [0.2, 0.25) is 0 Å². The molecule has 1 aromatic rings. The Morgan fingerprint density at radius 1 is 1.40 bits per heavy atom. The van der Waals surface area contributed by atoms with E-state index in [1.165, 1.54) is 0 Å². The van der Waals surface area contributed by atoms with Gasteiger partial charge in [0.05, 0.1) is 6.54 Å². The van der Waals surface area contributed by atoms with E-state index in [9.17, 15) is 14.4 Å². The first-order chi connectivity index (χ1) is 9.29. The smallest absolute Gasteiger partial charge is 0.251 e. The van der Waals surface area contributed by atoms with Crippen molar-refractivity contribution in [3.05, 3.63) is 29.3 Å². The highest BCUT2D eigenvalue weighted by molar-refractivity contribution is 5.99. The zero-order valence-corrected chi connectivity index (χ0v) is 11.4. The van der Waals surface area contributed by atoms with Crippen LogP contribution in [0.15, 0.2) is 18.2 Å². The molecule has 0 radical (unpaired) electrons. The third-order valence-electron chi connectivity index (χ3n) is 3.31. The van der Waals surface area contributed by atoms with E-state index in [0.717, 1.165) is 11.3 Å². The Kier molecular flexibility index (Phi) is 3.48. The van der Waals surface area contributed by atoms with Crippen LogP contribution in [0, 0.1) is 0 Å². The normalized spacial score (nSPS) is 16.0. The van der Waals surface area contributed by atoms with E-state index in [2.05, 4.69) is 10.6 Å². The number of nitrogens with one attached hydrogen (secondary N) is 2. The van der Waals surface area contributed by atoms with Gasteiger partial charge in [0, 0.05) is 23.1 Å². The number of hydrogen-bond acceptors (Lipinski definition) is 3. The van der Waals surface area contributed by atoms with Gasteiger partial charge < -0.3 is 16.4 Å². The molecule has 0 atom stereocenters. The number of hydrogen-bond donors (Lipinski definition) is 3. The molecule has 2 rings (SSSR count). The third kappa shape index (κ3) is 2.79. The van der Waals surface area contributed by atoms with Crippen LogP contribution in [0.5, 0.6) is 0 Å². The van der Waals surface area contributed by atoms with E-state index in [1.54, 1.807) is 18.2 Å². The number of amides is 3. The first kappa shape index (κ1) is 14.0. The minimum Gasteiger partial charge on any atom is -0.368 e. The molecule has 3 amide bonds. The standard InChI is InChI=1S/C14H17N3O3/c1-14(2)6-12(19)17-10-4-3-8(5-9(10)14)13(20)16-7-11(15)18/h3-5H,6-7H2,1-2H3,(H2,15,18)(H,16,20)(H,17,19). The average molecular weight is 275 g/mol. The van der Waals surface area contributed by atoms with E-state index in [0.29, 0.717) is 12.0 Å². The summed E-state index contributed by atoms with van der Waals surface area (Å²) in [4.78, 5) is 34.2. The molecule has 0 aromatic heterocycles. The van der Waals surface area contributed by atoms with Crippen LogP contribution in [0.3, 0.4) is 0 Å². The Morgan fingerprint density at radius 2 is 2.10 bits per heavy atom. The number of carbonyl (C=O) groups is 3. The molecule has 0 unspecified atom stereocenters. The summed E-state index contributed by atoms with van der Waals surface area (Å²) in [6.07, 6.45) is 0.367. The lowest BCUT2D eigenvalue weighted by atomic mass is 9.77. The van der Waals surface area contributed by atoms with E-state index in [-0.39, 0.29) is 23.8 Å². The van der Waals surface area contributed by atoms with Crippen LogP contribution in [-0.2, 0) is 15.0 Å². The highest BCUT2D eigenvalue weighted by Crippen LogP contribution is 2.37. The van der Waals surface area contributed by atoms with Crippen molar-refractivity contribution in [2.75, 3.05) is 11.9 Å². The molecule has 0 saturated carbocycles. The first-order valence-electron chi connectivity index (χ1n) is 6.30. The quantitative estimate of drug-likeness (QED) is 0.749. The summed E-state index contributed by atoms with van der Waals surface area (Å²) in [6, 6.07) is 5.05. The molecule has 6 heteroatoms. The number of fused-ring (bicyclic) bond motifs is 1. The highest BCUT2D eigenvalue weighted by atomic mass is 16.2. The Bertz CT molecular complexity index is 593. The molecule has 0 saturated heterocycles. The molecular formula is C14H17N3O3. The summed E-state index contributed by atoms with van der Waals surface area (Å²) in [5, 5.41) is 5.23. The van der Waals surface area contributed by atoms with Gasteiger partial charge in [-0.3, -0.25) is 14.4 Å². The summed E-state index contributed by atoms with van der Waals surface area (Å²) >= 11 is 0. The summed E-state index contributed by atoms with van der Waals surface area (Å²) in [7, 11) is 0.